The van der Waals surface area contributed by atoms with Crippen LogP contribution in [0, 0.1) is 6.92 Å². The number of piperidine rings is 1. The van der Waals surface area contributed by atoms with Crippen LogP contribution >= 0.6 is 23.8 Å². The Bertz CT molecular complexity index is 782. The Morgan fingerprint density at radius 3 is 2.88 bits per heavy atom. The number of aromatic nitrogens is 2. The van der Waals surface area contributed by atoms with Gasteiger partial charge in [0.25, 0.3) is 0 Å². The van der Waals surface area contributed by atoms with E-state index in [0.29, 0.717) is 23.6 Å². The van der Waals surface area contributed by atoms with Gasteiger partial charge in [0.2, 0.25) is 5.95 Å². The third-order valence-corrected chi connectivity index (χ3v) is 5.18. The quantitative estimate of drug-likeness (QED) is 0.760. The highest BCUT2D eigenvalue weighted by Crippen LogP contribution is 2.24. The van der Waals surface area contributed by atoms with Crippen LogP contribution in [-0.4, -0.2) is 27.7 Å². The fourth-order valence-electron chi connectivity index (χ4n) is 3.16. The van der Waals surface area contributed by atoms with E-state index in [0.717, 1.165) is 28.6 Å². The summed E-state index contributed by atoms with van der Waals surface area (Å²) in [5.41, 5.74) is 1.91. The van der Waals surface area contributed by atoms with Crippen molar-refractivity contribution in [3.05, 3.63) is 46.6 Å². The van der Waals surface area contributed by atoms with Gasteiger partial charge in [0, 0.05) is 35.9 Å². The summed E-state index contributed by atoms with van der Waals surface area (Å²) >= 11 is 11.6. The number of anilines is 2. The summed E-state index contributed by atoms with van der Waals surface area (Å²) < 4.78 is 0. The molecular weight excluding hydrogens is 366 g/mol. The molecule has 0 spiro atoms. The number of aryl methyl sites for hydroxylation is 1. The molecule has 1 aliphatic heterocycles. The van der Waals surface area contributed by atoms with Gasteiger partial charge in [0.1, 0.15) is 5.82 Å². The van der Waals surface area contributed by atoms with Crippen molar-refractivity contribution in [2.75, 3.05) is 16.8 Å². The number of thiocarbonyl (C=S) groups is 1. The monoisotopic (exact) mass is 389 g/mol. The van der Waals surface area contributed by atoms with Crippen LogP contribution in [0.3, 0.4) is 0 Å². The molecule has 1 atom stereocenters. The van der Waals surface area contributed by atoms with Crippen LogP contribution in [0.25, 0.3) is 0 Å². The van der Waals surface area contributed by atoms with E-state index in [1.54, 1.807) is 0 Å². The summed E-state index contributed by atoms with van der Waals surface area (Å²) in [6, 6.07) is 10.2. The van der Waals surface area contributed by atoms with Crippen LogP contribution in [0.4, 0.5) is 11.8 Å². The standard InChI is InChI=1S/C19H24ClN5S/c1-13-11-17(25-10-6-5-7-14(25)2)23-18(22-13)24-19(26)21-12-15-8-3-4-9-16(15)20/h3-4,8-9,11,14H,5-7,10,12H2,1-2H3,(H2,21,22,23,24,26)/t14-/m1/s1. The molecule has 26 heavy (non-hydrogen) atoms. The fourth-order valence-corrected chi connectivity index (χ4v) is 3.52. The third-order valence-electron chi connectivity index (χ3n) is 4.56. The number of nitrogens with zero attached hydrogens (tertiary/aromatic N) is 3. The third kappa shape index (κ3) is 4.83. The highest BCUT2D eigenvalue weighted by molar-refractivity contribution is 7.80. The maximum atomic E-state index is 6.18. The highest BCUT2D eigenvalue weighted by Gasteiger charge is 2.20. The van der Waals surface area contributed by atoms with Crippen LogP contribution in [0.1, 0.15) is 37.4 Å². The average Bonchev–Trinajstić information content (AvgIpc) is 2.61. The predicted molar refractivity (Wildman–Crippen MR) is 112 cm³/mol. The minimum absolute atomic E-state index is 0.480. The van der Waals surface area contributed by atoms with Crippen LogP contribution in [0.2, 0.25) is 5.02 Å². The Balaban J connectivity index is 1.65. The zero-order valence-electron chi connectivity index (χ0n) is 15.1. The Morgan fingerprint density at radius 1 is 1.31 bits per heavy atom. The first-order valence-corrected chi connectivity index (χ1v) is 9.72. The van der Waals surface area contributed by atoms with E-state index in [9.17, 15) is 0 Å². The number of hydrogen-bond donors (Lipinski definition) is 2. The molecule has 2 aromatic rings. The normalized spacial score (nSPS) is 17.0. The van der Waals surface area contributed by atoms with Crippen LogP contribution in [0.5, 0.6) is 0 Å². The van der Waals surface area contributed by atoms with Crippen LogP contribution in [0.15, 0.2) is 30.3 Å². The van der Waals surface area contributed by atoms with Gasteiger partial charge in [0.05, 0.1) is 0 Å². The molecule has 2 heterocycles. The second-order valence-corrected chi connectivity index (χ2v) is 7.44. The molecule has 0 aliphatic carbocycles. The summed E-state index contributed by atoms with van der Waals surface area (Å²) in [6.07, 6.45) is 3.68. The Morgan fingerprint density at radius 2 is 2.12 bits per heavy atom. The number of nitrogens with one attached hydrogen (secondary N) is 2. The molecular formula is C19H24ClN5S. The van der Waals surface area contributed by atoms with Gasteiger partial charge in [-0.3, -0.25) is 0 Å². The first-order chi connectivity index (χ1) is 12.5. The molecule has 1 aliphatic rings. The molecule has 7 heteroatoms. The minimum Gasteiger partial charge on any atom is -0.358 e. The average molecular weight is 390 g/mol. The van der Waals surface area contributed by atoms with E-state index < -0.39 is 0 Å². The summed E-state index contributed by atoms with van der Waals surface area (Å²) in [5, 5.41) is 7.45. The van der Waals surface area contributed by atoms with Gasteiger partial charge in [0.15, 0.2) is 5.11 Å². The Hall–Kier alpha value is -1.92. The lowest BCUT2D eigenvalue weighted by molar-refractivity contribution is 0.481. The summed E-state index contributed by atoms with van der Waals surface area (Å²) in [4.78, 5) is 11.5. The molecule has 5 nitrogen and oxygen atoms in total. The van der Waals surface area contributed by atoms with Gasteiger partial charge in [-0.05, 0) is 57.0 Å². The molecule has 0 unspecified atom stereocenters. The van der Waals surface area contributed by atoms with Crippen molar-refractivity contribution >= 4 is 40.7 Å². The number of hydrogen-bond acceptors (Lipinski definition) is 4. The summed E-state index contributed by atoms with van der Waals surface area (Å²) in [7, 11) is 0. The Kier molecular flexibility index (Phi) is 6.27. The first-order valence-electron chi connectivity index (χ1n) is 8.93. The zero-order chi connectivity index (χ0) is 18.5. The molecule has 0 radical (unpaired) electrons. The molecule has 138 valence electrons. The van der Waals surface area contributed by atoms with E-state index in [2.05, 4.69) is 32.4 Å². The van der Waals surface area contributed by atoms with Crippen molar-refractivity contribution in [1.82, 2.24) is 15.3 Å². The van der Waals surface area contributed by atoms with Crippen LogP contribution in [-0.2, 0) is 6.54 Å². The largest absolute Gasteiger partial charge is 0.358 e. The van der Waals surface area contributed by atoms with Gasteiger partial charge < -0.3 is 15.5 Å². The number of rotatable bonds is 4. The molecule has 1 saturated heterocycles. The van der Waals surface area contributed by atoms with Crippen molar-refractivity contribution in [3.63, 3.8) is 0 Å². The van der Waals surface area contributed by atoms with Gasteiger partial charge in [-0.15, -0.1) is 0 Å². The first kappa shape index (κ1) is 18.9. The Labute approximate surface area is 165 Å². The minimum atomic E-state index is 0.480. The molecule has 0 amide bonds. The van der Waals surface area contributed by atoms with Gasteiger partial charge >= 0.3 is 0 Å². The maximum absolute atomic E-state index is 6.18. The van der Waals surface area contributed by atoms with Crippen molar-refractivity contribution in [1.29, 1.82) is 0 Å². The molecule has 0 bridgehead atoms. The lowest BCUT2D eigenvalue weighted by Gasteiger charge is -2.34. The SMILES string of the molecule is Cc1cc(N2CCCC[C@H]2C)nc(NC(=S)NCc2ccccc2Cl)n1. The van der Waals surface area contributed by atoms with Crippen molar-refractivity contribution < 1.29 is 0 Å². The topological polar surface area (TPSA) is 53.1 Å². The molecule has 0 saturated carbocycles. The van der Waals surface area contributed by atoms with E-state index in [4.69, 9.17) is 23.8 Å². The van der Waals surface area contributed by atoms with Crippen molar-refractivity contribution in [2.24, 2.45) is 0 Å². The second-order valence-electron chi connectivity index (χ2n) is 6.63. The van der Waals surface area contributed by atoms with E-state index in [1.807, 2.05) is 37.3 Å². The van der Waals surface area contributed by atoms with Crippen LogP contribution < -0.4 is 15.5 Å². The number of benzene rings is 1. The maximum Gasteiger partial charge on any atom is 0.231 e. The summed E-state index contributed by atoms with van der Waals surface area (Å²) in [6.45, 7) is 5.81. The predicted octanol–water partition coefficient (Wildman–Crippen LogP) is 4.30. The van der Waals surface area contributed by atoms with Crippen molar-refractivity contribution in [3.8, 4) is 0 Å². The van der Waals surface area contributed by atoms with E-state index in [-0.39, 0.29) is 0 Å². The van der Waals surface area contributed by atoms with E-state index >= 15 is 0 Å². The van der Waals surface area contributed by atoms with Gasteiger partial charge in [-0.2, -0.15) is 4.98 Å². The summed E-state index contributed by atoms with van der Waals surface area (Å²) in [5.74, 6) is 1.48. The lowest BCUT2D eigenvalue weighted by Crippen LogP contribution is -2.38. The van der Waals surface area contributed by atoms with E-state index in [1.165, 1.54) is 19.3 Å². The zero-order valence-corrected chi connectivity index (χ0v) is 16.7. The second kappa shape index (κ2) is 8.64. The molecule has 1 aromatic heterocycles. The molecule has 1 aromatic carbocycles. The fraction of sp³-hybridized carbons (Fsp3) is 0.421. The van der Waals surface area contributed by atoms with Crippen molar-refractivity contribution in [2.45, 2.75) is 45.7 Å². The lowest BCUT2D eigenvalue weighted by atomic mass is 10.0. The number of halogens is 1. The molecule has 3 rings (SSSR count). The molecule has 1 fully saturated rings. The molecule has 2 N–H and O–H groups in total. The highest BCUT2D eigenvalue weighted by atomic mass is 35.5. The van der Waals surface area contributed by atoms with Gasteiger partial charge in [-0.25, -0.2) is 4.98 Å². The smallest absolute Gasteiger partial charge is 0.231 e. The van der Waals surface area contributed by atoms with Gasteiger partial charge in [-0.1, -0.05) is 29.8 Å².